The first-order valence-electron chi connectivity index (χ1n) is 18.4. The predicted molar refractivity (Wildman–Crippen MR) is 198 cm³/mol. The lowest BCUT2D eigenvalue weighted by Gasteiger charge is -2.42. The molecule has 2 atom stereocenters. The Balaban J connectivity index is 0.826. The molecule has 3 aromatic heterocycles. The lowest BCUT2D eigenvalue weighted by Crippen LogP contribution is -2.52. The average molecular weight is 704 g/mol. The van der Waals surface area contributed by atoms with E-state index in [1.54, 1.807) is 30.1 Å². The molecule has 2 saturated heterocycles. The SMILES string of the molecule is COc1cc2nn(C3CCC(CCN4CCN(c5ccc(C6CCC(=O)NC6=O)cc5)[C@H](C)C4)CC3)cc2cc1C(=O)Nc1cnc2cccnn12. The van der Waals surface area contributed by atoms with Crippen LogP contribution in [0.5, 0.6) is 5.75 Å². The van der Waals surface area contributed by atoms with Gasteiger partial charge >= 0.3 is 0 Å². The van der Waals surface area contributed by atoms with Crippen molar-refractivity contribution >= 4 is 45.8 Å². The number of carbonyl (C=O) groups is 3. The van der Waals surface area contributed by atoms with E-state index in [2.05, 4.69) is 60.5 Å². The summed E-state index contributed by atoms with van der Waals surface area (Å²) in [5, 5.41) is 15.5. The van der Waals surface area contributed by atoms with Gasteiger partial charge in [-0.2, -0.15) is 14.7 Å². The predicted octanol–water partition coefficient (Wildman–Crippen LogP) is 5.19. The Labute approximate surface area is 302 Å². The number of nitrogens with zero attached hydrogens (tertiary/aromatic N) is 7. The molecular weight excluding hydrogens is 658 g/mol. The highest BCUT2D eigenvalue weighted by Gasteiger charge is 2.30. The van der Waals surface area contributed by atoms with Crippen molar-refractivity contribution in [3.05, 3.63) is 78.2 Å². The van der Waals surface area contributed by atoms with Crippen LogP contribution < -0.4 is 20.3 Å². The number of amides is 3. The summed E-state index contributed by atoms with van der Waals surface area (Å²) in [4.78, 5) is 46.6. The van der Waals surface area contributed by atoms with Gasteiger partial charge in [0.1, 0.15) is 5.75 Å². The van der Waals surface area contributed by atoms with Gasteiger partial charge in [0.25, 0.3) is 5.91 Å². The Morgan fingerprint density at radius 2 is 1.87 bits per heavy atom. The van der Waals surface area contributed by atoms with E-state index in [0.717, 1.165) is 55.5 Å². The van der Waals surface area contributed by atoms with Gasteiger partial charge < -0.3 is 15.0 Å². The standard InChI is InChI=1S/C39H45N9O4/c1-25-23-45(18-19-46(25)29-11-7-27(8-12-29)31-13-14-37(49)43-38(31)50)17-15-26-5-9-30(10-6-26)47-24-28-20-32(34(52-2)21-33(28)44-47)39(51)42-36-22-40-35-4-3-16-41-48(35)36/h3-4,7-8,11-12,16,20-22,24-26,30-31H,5-6,9-10,13-15,17-19,23H2,1-2H3,(H,42,51)(H,43,49,50)/t25-,26?,30?,31?/m1/s1. The summed E-state index contributed by atoms with van der Waals surface area (Å²) in [6.07, 6.45) is 12.0. The number of hydrogen-bond acceptors (Lipinski definition) is 9. The maximum absolute atomic E-state index is 13.4. The zero-order valence-corrected chi connectivity index (χ0v) is 29.7. The fourth-order valence-electron chi connectivity index (χ4n) is 8.30. The van der Waals surface area contributed by atoms with Gasteiger partial charge in [-0.1, -0.05) is 12.1 Å². The van der Waals surface area contributed by atoms with E-state index >= 15 is 0 Å². The van der Waals surface area contributed by atoms with E-state index in [9.17, 15) is 14.4 Å². The first kappa shape index (κ1) is 33.8. The number of rotatable bonds is 9. The van der Waals surface area contributed by atoms with E-state index in [-0.39, 0.29) is 23.6 Å². The second-order valence-corrected chi connectivity index (χ2v) is 14.5. The third-order valence-electron chi connectivity index (χ3n) is 11.2. The Morgan fingerprint density at radius 1 is 1.04 bits per heavy atom. The molecule has 5 aromatic rings. The molecule has 2 N–H and O–H groups in total. The molecule has 3 aliphatic rings. The third-order valence-corrected chi connectivity index (χ3v) is 11.2. The molecule has 13 heteroatoms. The molecule has 1 saturated carbocycles. The van der Waals surface area contributed by atoms with Crippen molar-refractivity contribution in [1.82, 2.24) is 34.6 Å². The second-order valence-electron chi connectivity index (χ2n) is 14.5. The number of carbonyl (C=O) groups excluding carboxylic acids is 3. The van der Waals surface area contributed by atoms with Crippen LogP contribution in [0.25, 0.3) is 16.6 Å². The summed E-state index contributed by atoms with van der Waals surface area (Å²) < 4.78 is 9.30. The Morgan fingerprint density at radius 3 is 2.63 bits per heavy atom. The van der Waals surface area contributed by atoms with Crippen LogP contribution in [0.3, 0.4) is 0 Å². The lowest BCUT2D eigenvalue weighted by atomic mass is 9.84. The van der Waals surface area contributed by atoms with E-state index in [1.807, 2.05) is 30.3 Å². The maximum atomic E-state index is 13.4. The van der Waals surface area contributed by atoms with Gasteiger partial charge in [-0.05, 0) is 93.8 Å². The van der Waals surface area contributed by atoms with Crippen molar-refractivity contribution in [3.63, 3.8) is 0 Å². The van der Waals surface area contributed by atoms with Gasteiger partial charge in [0.15, 0.2) is 11.5 Å². The number of imidazole rings is 1. The number of piperidine rings is 1. The van der Waals surface area contributed by atoms with E-state index in [4.69, 9.17) is 9.84 Å². The number of aromatic nitrogens is 5. The summed E-state index contributed by atoms with van der Waals surface area (Å²) in [7, 11) is 1.57. The molecule has 3 fully saturated rings. The quantitative estimate of drug-likeness (QED) is 0.199. The largest absolute Gasteiger partial charge is 0.496 e. The first-order valence-corrected chi connectivity index (χ1v) is 18.4. The van der Waals surface area contributed by atoms with Crippen LogP contribution in [0.4, 0.5) is 11.5 Å². The number of anilines is 2. The van der Waals surface area contributed by atoms with Gasteiger partial charge in [-0.15, -0.1) is 0 Å². The molecule has 1 aliphatic carbocycles. The number of fused-ring (bicyclic) bond motifs is 2. The second kappa shape index (κ2) is 14.4. The number of hydrogen-bond donors (Lipinski definition) is 2. The highest BCUT2D eigenvalue weighted by molar-refractivity contribution is 6.08. The fourth-order valence-corrected chi connectivity index (χ4v) is 8.30. The molecule has 8 rings (SSSR count). The molecule has 13 nitrogen and oxygen atoms in total. The maximum Gasteiger partial charge on any atom is 0.260 e. The van der Waals surface area contributed by atoms with Crippen molar-refractivity contribution in [3.8, 4) is 5.75 Å². The number of imide groups is 1. The minimum Gasteiger partial charge on any atom is -0.496 e. The summed E-state index contributed by atoms with van der Waals surface area (Å²) in [6, 6.07) is 16.4. The molecule has 0 spiro atoms. The summed E-state index contributed by atoms with van der Waals surface area (Å²) in [5.74, 6) is 0.755. The van der Waals surface area contributed by atoms with Crippen molar-refractivity contribution in [1.29, 1.82) is 0 Å². The summed E-state index contributed by atoms with van der Waals surface area (Å²) >= 11 is 0. The van der Waals surface area contributed by atoms with Gasteiger partial charge in [0.05, 0.1) is 36.3 Å². The fraction of sp³-hybridized carbons (Fsp3) is 0.436. The summed E-state index contributed by atoms with van der Waals surface area (Å²) in [6.45, 7) is 6.45. The smallest absolute Gasteiger partial charge is 0.260 e. The van der Waals surface area contributed by atoms with Gasteiger partial charge in [-0.3, -0.25) is 29.3 Å². The minimum absolute atomic E-state index is 0.180. The van der Waals surface area contributed by atoms with Crippen LogP contribution in [-0.4, -0.2) is 86.3 Å². The third kappa shape index (κ3) is 6.84. The first-order chi connectivity index (χ1) is 25.3. The zero-order chi connectivity index (χ0) is 35.8. The highest BCUT2D eigenvalue weighted by Crippen LogP contribution is 2.36. The number of piperazine rings is 1. The van der Waals surface area contributed by atoms with Crippen LogP contribution in [0.1, 0.15) is 79.8 Å². The Hall–Kier alpha value is -5.30. The highest BCUT2D eigenvalue weighted by atomic mass is 16.5. The molecule has 2 aromatic carbocycles. The lowest BCUT2D eigenvalue weighted by molar-refractivity contribution is -0.134. The monoisotopic (exact) mass is 703 g/mol. The average Bonchev–Trinajstić information content (AvgIpc) is 3.77. The molecule has 2 aliphatic heterocycles. The number of methoxy groups -OCH3 is 1. The van der Waals surface area contributed by atoms with Crippen molar-refractivity contribution in [2.24, 2.45) is 5.92 Å². The van der Waals surface area contributed by atoms with Crippen molar-refractivity contribution in [2.45, 2.75) is 69.9 Å². The number of ether oxygens (including phenoxy) is 1. The number of benzene rings is 2. The molecule has 0 bridgehead atoms. The van der Waals surface area contributed by atoms with Crippen molar-refractivity contribution in [2.75, 3.05) is 43.5 Å². The molecule has 52 heavy (non-hydrogen) atoms. The Kier molecular flexibility index (Phi) is 9.35. The van der Waals surface area contributed by atoms with Gasteiger partial charge in [-0.25, -0.2) is 4.98 Å². The van der Waals surface area contributed by atoms with Crippen LogP contribution in [0, 0.1) is 5.92 Å². The van der Waals surface area contributed by atoms with Crippen LogP contribution in [0.15, 0.2) is 67.1 Å². The molecule has 1 unspecified atom stereocenters. The van der Waals surface area contributed by atoms with Crippen LogP contribution >= 0.6 is 0 Å². The summed E-state index contributed by atoms with van der Waals surface area (Å²) in [5.41, 5.74) is 4.06. The normalized spacial score (nSPS) is 22.8. The van der Waals surface area contributed by atoms with E-state index < -0.39 is 0 Å². The molecular formula is C39H45N9O4. The molecule has 5 heterocycles. The van der Waals surface area contributed by atoms with E-state index in [1.165, 1.54) is 24.9 Å². The topological polar surface area (TPSA) is 139 Å². The van der Waals surface area contributed by atoms with Gasteiger partial charge in [0, 0.05) is 61.6 Å². The van der Waals surface area contributed by atoms with Crippen molar-refractivity contribution < 1.29 is 19.1 Å². The minimum atomic E-state index is -0.295. The van der Waals surface area contributed by atoms with Crippen LogP contribution in [0.2, 0.25) is 0 Å². The molecule has 0 radical (unpaired) electrons. The van der Waals surface area contributed by atoms with Crippen LogP contribution in [-0.2, 0) is 9.59 Å². The molecule has 270 valence electrons. The van der Waals surface area contributed by atoms with Gasteiger partial charge in [0.2, 0.25) is 11.8 Å². The Bertz CT molecular complexity index is 2100. The number of nitrogens with one attached hydrogen (secondary N) is 2. The van der Waals surface area contributed by atoms with E-state index in [0.29, 0.717) is 53.6 Å². The molecule has 3 amide bonds. The zero-order valence-electron chi connectivity index (χ0n) is 29.7.